The molecule has 3 N–H and O–H groups in total. The summed E-state index contributed by atoms with van der Waals surface area (Å²) in [6.07, 6.45) is -5.36. The van der Waals surface area contributed by atoms with Crippen molar-refractivity contribution in [2.75, 3.05) is 24.4 Å². The van der Waals surface area contributed by atoms with Crippen molar-refractivity contribution in [3.8, 4) is 5.75 Å². The first kappa shape index (κ1) is 22.0. The summed E-state index contributed by atoms with van der Waals surface area (Å²) in [5.74, 6) is -1.86. The standard InChI is InChI=1S/C19H19F3N2O5/c1-3-29-16(25)18(27,19(20,21)22)12-9-10-15(28-2)14(11-12)24-17(26)23-13-7-5-4-6-8-13/h4-11,27H,3H2,1-2H3,(H2,23,24,26). The van der Waals surface area contributed by atoms with Crippen molar-refractivity contribution < 1.29 is 37.3 Å². The number of nitrogens with one attached hydrogen (secondary N) is 2. The maximum atomic E-state index is 13.5. The van der Waals surface area contributed by atoms with E-state index in [-0.39, 0.29) is 18.0 Å². The minimum atomic E-state index is -5.36. The zero-order chi connectivity index (χ0) is 21.7. The average Bonchev–Trinajstić information content (AvgIpc) is 2.67. The van der Waals surface area contributed by atoms with Crippen LogP contribution in [0.2, 0.25) is 0 Å². The van der Waals surface area contributed by atoms with E-state index >= 15 is 0 Å². The number of para-hydroxylation sites is 1. The number of esters is 1. The Morgan fingerprint density at radius 3 is 2.28 bits per heavy atom. The van der Waals surface area contributed by atoms with Gasteiger partial charge in [-0.2, -0.15) is 13.2 Å². The van der Waals surface area contributed by atoms with Gasteiger partial charge in [0, 0.05) is 11.3 Å². The molecule has 1 unspecified atom stereocenters. The molecule has 2 amide bonds. The topological polar surface area (TPSA) is 96.9 Å². The highest BCUT2D eigenvalue weighted by Gasteiger charge is 2.62. The molecule has 7 nitrogen and oxygen atoms in total. The van der Waals surface area contributed by atoms with E-state index in [2.05, 4.69) is 15.4 Å². The van der Waals surface area contributed by atoms with Crippen LogP contribution in [0.5, 0.6) is 5.75 Å². The van der Waals surface area contributed by atoms with Crippen LogP contribution in [0.25, 0.3) is 0 Å². The molecule has 0 heterocycles. The molecule has 29 heavy (non-hydrogen) atoms. The predicted octanol–water partition coefficient (Wildman–Crippen LogP) is 3.65. The normalized spacial score (nSPS) is 13.2. The molecule has 0 aliphatic rings. The molecule has 0 saturated carbocycles. The molecule has 0 aromatic heterocycles. The van der Waals surface area contributed by atoms with E-state index in [0.717, 1.165) is 18.2 Å². The first-order chi connectivity index (χ1) is 13.6. The highest BCUT2D eigenvalue weighted by molar-refractivity contribution is 6.00. The second-order valence-electron chi connectivity index (χ2n) is 5.79. The monoisotopic (exact) mass is 412 g/mol. The number of anilines is 2. The first-order valence-electron chi connectivity index (χ1n) is 8.41. The van der Waals surface area contributed by atoms with Crippen LogP contribution in [-0.4, -0.2) is 37.0 Å². The molecule has 2 rings (SSSR count). The van der Waals surface area contributed by atoms with Gasteiger partial charge in [-0.05, 0) is 31.2 Å². The van der Waals surface area contributed by atoms with Gasteiger partial charge in [-0.1, -0.05) is 24.3 Å². The molecule has 156 valence electrons. The van der Waals surface area contributed by atoms with Gasteiger partial charge in [-0.15, -0.1) is 0 Å². The van der Waals surface area contributed by atoms with Gasteiger partial charge in [0.15, 0.2) is 0 Å². The van der Waals surface area contributed by atoms with Crippen molar-refractivity contribution in [3.05, 3.63) is 54.1 Å². The Morgan fingerprint density at radius 2 is 1.72 bits per heavy atom. The SMILES string of the molecule is CCOC(=O)C(O)(c1ccc(OC)c(NC(=O)Nc2ccccc2)c1)C(F)(F)F. The number of carbonyl (C=O) groups is 2. The number of hydrogen-bond donors (Lipinski definition) is 3. The van der Waals surface area contributed by atoms with Crippen molar-refractivity contribution in [3.63, 3.8) is 0 Å². The van der Waals surface area contributed by atoms with Crippen LogP contribution >= 0.6 is 0 Å². The summed E-state index contributed by atoms with van der Waals surface area (Å²) in [4.78, 5) is 24.1. The van der Waals surface area contributed by atoms with Crippen LogP contribution in [0, 0.1) is 0 Å². The van der Waals surface area contributed by atoms with Crippen LogP contribution in [-0.2, 0) is 15.1 Å². The van der Waals surface area contributed by atoms with E-state index in [9.17, 15) is 27.9 Å². The summed E-state index contributed by atoms with van der Waals surface area (Å²) in [7, 11) is 1.25. The molecule has 10 heteroatoms. The lowest BCUT2D eigenvalue weighted by Gasteiger charge is -2.29. The van der Waals surface area contributed by atoms with Crippen LogP contribution < -0.4 is 15.4 Å². The molecule has 2 aromatic rings. The number of halogens is 3. The van der Waals surface area contributed by atoms with E-state index in [1.165, 1.54) is 14.0 Å². The van der Waals surface area contributed by atoms with E-state index < -0.39 is 29.3 Å². The predicted molar refractivity (Wildman–Crippen MR) is 98.7 cm³/mol. The average molecular weight is 412 g/mol. The number of aliphatic hydroxyl groups is 1. The van der Waals surface area contributed by atoms with Crippen molar-refractivity contribution >= 4 is 23.4 Å². The van der Waals surface area contributed by atoms with Crippen LogP contribution in [0.1, 0.15) is 12.5 Å². The number of rotatable bonds is 6. The van der Waals surface area contributed by atoms with E-state index in [1.54, 1.807) is 30.3 Å². The summed E-state index contributed by atoms with van der Waals surface area (Å²) < 4.78 is 50.1. The fraction of sp³-hybridized carbons (Fsp3) is 0.263. The summed E-state index contributed by atoms with van der Waals surface area (Å²) >= 11 is 0. The highest BCUT2D eigenvalue weighted by atomic mass is 19.4. The Kier molecular flexibility index (Phi) is 6.70. The van der Waals surface area contributed by atoms with Gasteiger partial charge in [0.2, 0.25) is 0 Å². The molecule has 0 fully saturated rings. The van der Waals surface area contributed by atoms with E-state index in [0.29, 0.717) is 5.69 Å². The second-order valence-corrected chi connectivity index (χ2v) is 5.79. The lowest BCUT2D eigenvalue weighted by atomic mass is 9.92. The zero-order valence-electron chi connectivity index (χ0n) is 15.5. The fourth-order valence-electron chi connectivity index (χ4n) is 2.47. The van der Waals surface area contributed by atoms with Gasteiger partial charge in [0.25, 0.3) is 5.60 Å². The molecular weight excluding hydrogens is 393 g/mol. The molecule has 0 radical (unpaired) electrons. The number of benzene rings is 2. The van der Waals surface area contributed by atoms with Gasteiger partial charge in [0.1, 0.15) is 5.75 Å². The molecule has 2 aromatic carbocycles. The van der Waals surface area contributed by atoms with Crippen molar-refractivity contribution in [1.29, 1.82) is 0 Å². The summed E-state index contributed by atoms with van der Waals surface area (Å²) in [5, 5.41) is 15.0. The molecule has 1 atom stereocenters. The van der Waals surface area contributed by atoms with Crippen LogP contribution in [0.15, 0.2) is 48.5 Å². The molecule has 0 aliphatic carbocycles. The van der Waals surface area contributed by atoms with Gasteiger partial charge in [0.05, 0.1) is 19.4 Å². The number of hydrogen-bond acceptors (Lipinski definition) is 5. The third-order valence-corrected chi connectivity index (χ3v) is 3.88. The smallest absolute Gasteiger partial charge is 0.432 e. The summed E-state index contributed by atoms with van der Waals surface area (Å²) in [6.45, 7) is 0.946. The van der Waals surface area contributed by atoms with E-state index in [4.69, 9.17) is 4.74 Å². The third-order valence-electron chi connectivity index (χ3n) is 3.88. The Morgan fingerprint density at radius 1 is 1.07 bits per heavy atom. The molecular formula is C19H19F3N2O5. The minimum absolute atomic E-state index is 0.0188. The Labute approximate surface area is 164 Å². The van der Waals surface area contributed by atoms with Crippen LogP contribution in [0.3, 0.4) is 0 Å². The number of urea groups is 1. The largest absolute Gasteiger partial charge is 0.495 e. The Bertz CT molecular complexity index is 874. The maximum absolute atomic E-state index is 13.5. The minimum Gasteiger partial charge on any atom is -0.495 e. The van der Waals surface area contributed by atoms with Gasteiger partial charge >= 0.3 is 18.2 Å². The first-order valence-corrected chi connectivity index (χ1v) is 8.41. The lowest BCUT2D eigenvalue weighted by molar-refractivity contribution is -0.267. The molecule has 0 spiro atoms. The summed E-state index contributed by atoms with van der Waals surface area (Å²) in [5.41, 5.74) is -4.50. The number of methoxy groups -OCH3 is 1. The van der Waals surface area contributed by atoms with Crippen molar-refractivity contribution in [2.24, 2.45) is 0 Å². The van der Waals surface area contributed by atoms with Gasteiger partial charge < -0.3 is 25.2 Å². The Hall–Kier alpha value is -3.27. The number of amides is 2. The highest BCUT2D eigenvalue weighted by Crippen LogP contribution is 2.42. The molecule has 0 bridgehead atoms. The van der Waals surface area contributed by atoms with Crippen molar-refractivity contribution in [2.45, 2.75) is 18.7 Å². The second kappa shape index (κ2) is 8.82. The number of alkyl halides is 3. The molecule has 0 aliphatic heterocycles. The van der Waals surface area contributed by atoms with Crippen molar-refractivity contribution in [1.82, 2.24) is 0 Å². The molecule has 0 saturated heterocycles. The summed E-state index contributed by atoms with van der Waals surface area (Å²) in [6, 6.07) is 10.3. The fourth-order valence-corrected chi connectivity index (χ4v) is 2.47. The number of ether oxygens (including phenoxy) is 2. The quantitative estimate of drug-likeness (QED) is 0.630. The lowest BCUT2D eigenvalue weighted by Crippen LogP contribution is -2.50. The maximum Gasteiger partial charge on any atom is 0.432 e. The van der Waals surface area contributed by atoms with E-state index in [1.807, 2.05) is 0 Å². The number of carbonyl (C=O) groups excluding carboxylic acids is 2. The van der Waals surface area contributed by atoms with Gasteiger partial charge in [-0.3, -0.25) is 0 Å². The van der Waals surface area contributed by atoms with Crippen LogP contribution in [0.4, 0.5) is 29.3 Å². The zero-order valence-corrected chi connectivity index (χ0v) is 15.5. The Balaban J connectivity index is 2.40. The van der Waals surface area contributed by atoms with Gasteiger partial charge in [-0.25, -0.2) is 9.59 Å². The third kappa shape index (κ3) is 4.77.